The van der Waals surface area contributed by atoms with Crippen LogP contribution in [0.25, 0.3) is 0 Å². The van der Waals surface area contributed by atoms with Gasteiger partial charge in [0.25, 0.3) is 0 Å². The lowest BCUT2D eigenvalue weighted by Gasteiger charge is -2.00. The Balaban J connectivity index is 2.42. The van der Waals surface area contributed by atoms with E-state index in [1.165, 1.54) is 16.2 Å². The average molecular weight is 135 g/mol. The predicted molar refractivity (Wildman–Crippen MR) is 37.5 cm³/mol. The van der Waals surface area contributed by atoms with Crippen molar-refractivity contribution in [2.45, 2.75) is 13.1 Å². The molecule has 2 nitrogen and oxygen atoms in total. The van der Waals surface area contributed by atoms with Gasteiger partial charge in [0.2, 0.25) is 0 Å². The van der Waals surface area contributed by atoms with Gasteiger partial charge in [-0.15, -0.1) is 0 Å². The Labute approximate surface area is 59.7 Å². The Hall–Kier alpha value is -0.860. The second kappa shape index (κ2) is 2.08. The minimum absolute atomic E-state index is 0.677. The van der Waals surface area contributed by atoms with E-state index in [1.54, 1.807) is 0 Å². The molecule has 1 aromatic rings. The number of hydroxylamine groups is 2. The van der Waals surface area contributed by atoms with Crippen LogP contribution in [-0.4, -0.2) is 10.3 Å². The Bertz CT molecular complexity index is 222. The minimum atomic E-state index is 0.677. The molecule has 0 saturated heterocycles. The summed E-state index contributed by atoms with van der Waals surface area (Å²) in [6, 6.07) is 8.09. The van der Waals surface area contributed by atoms with E-state index in [0.29, 0.717) is 13.1 Å². The lowest BCUT2D eigenvalue weighted by molar-refractivity contribution is -0.0969. The van der Waals surface area contributed by atoms with Gasteiger partial charge >= 0.3 is 0 Å². The van der Waals surface area contributed by atoms with E-state index in [2.05, 4.69) is 0 Å². The Morgan fingerprint density at radius 2 is 1.60 bits per heavy atom. The quantitative estimate of drug-likeness (QED) is 0.581. The highest BCUT2D eigenvalue weighted by Gasteiger charge is 2.14. The monoisotopic (exact) mass is 135 g/mol. The van der Waals surface area contributed by atoms with Gasteiger partial charge in [-0.3, -0.25) is 0 Å². The van der Waals surface area contributed by atoms with Crippen LogP contribution in [0.4, 0.5) is 0 Å². The molecule has 0 atom stereocenters. The zero-order valence-corrected chi connectivity index (χ0v) is 5.62. The molecule has 0 unspecified atom stereocenters. The molecule has 0 aromatic heterocycles. The molecule has 10 heavy (non-hydrogen) atoms. The highest BCUT2D eigenvalue weighted by molar-refractivity contribution is 5.29. The summed E-state index contributed by atoms with van der Waals surface area (Å²) in [6.07, 6.45) is 0. The second-order valence-electron chi connectivity index (χ2n) is 2.59. The lowest BCUT2D eigenvalue weighted by atomic mass is 10.1. The predicted octanol–water partition coefficient (Wildman–Crippen LogP) is 1.39. The van der Waals surface area contributed by atoms with E-state index in [-0.39, 0.29) is 0 Å². The van der Waals surface area contributed by atoms with Crippen LogP contribution in [0.15, 0.2) is 24.3 Å². The minimum Gasteiger partial charge on any atom is -0.313 e. The van der Waals surface area contributed by atoms with Crippen LogP contribution in [0.5, 0.6) is 0 Å². The van der Waals surface area contributed by atoms with Gasteiger partial charge in [0.1, 0.15) is 0 Å². The van der Waals surface area contributed by atoms with Gasteiger partial charge < -0.3 is 5.21 Å². The lowest BCUT2D eigenvalue weighted by Crippen LogP contribution is -2.08. The van der Waals surface area contributed by atoms with Gasteiger partial charge in [-0.25, -0.2) is 0 Å². The Morgan fingerprint density at radius 3 is 2.10 bits per heavy atom. The molecule has 0 amide bonds. The van der Waals surface area contributed by atoms with E-state index in [9.17, 15) is 0 Å². The largest absolute Gasteiger partial charge is 0.313 e. The van der Waals surface area contributed by atoms with Gasteiger partial charge in [0, 0.05) is 13.1 Å². The fourth-order valence-electron chi connectivity index (χ4n) is 1.32. The molecule has 1 aliphatic rings. The molecule has 2 rings (SSSR count). The summed E-state index contributed by atoms with van der Waals surface area (Å²) in [4.78, 5) is 0. The van der Waals surface area contributed by atoms with Crippen molar-refractivity contribution in [3.05, 3.63) is 35.4 Å². The fraction of sp³-hybridized carbons (Fsp3) is 0.250. The summed E-state index contributed by atoms with van der Waals surface area (Å²) >= 11 is 0. The molecule has 0 spiro atoms. The maximum absolute atomic E-state index is 9.08. The third-order valence-corrected chi connectivity index (χ3v) is 1.82. The normalized spacial score (nSPS) is 17.3. The Morgan fingerprint density at radius 1 is 1.10 bits per heavy atom. The zero-order valence-electron chi connectivity index (χ0n) is 5.62. The third kappa shape index (κ3) is 0.818. The number of hydrogen-bond donors (Lipinski definition) is 1. The van der Waals surface area contributed by atoms with Crippen LogP contribution in [0, 0.1) is 0 Å². The molecular weight excluding hydrogens is 126 g/mol. The molecule has 1 N–H and O–H groups in total. The summed E-state index contributed by atoms with van der Waals surface area (Å²) < 4.78 is 0. The van der Waals surface area contributed by atoms with Crippen molar-refractivity contribution in [1.82, 2.24) is 5.06 Å². The molecule has 2 heteroatoms. The van der Waals surface area contributed by atoms with Gasteiger partial charge in [0.05, 0.1) is 0 Å². The first-order valence-electron chi connectivity index (χ1n) is 3.37. The maximum atomic E-state index is 9.08. The molecule has 0 aliphatic carbocycles. The van der Waals surface area contributed by atoms with E-state index in [1.807, 2.05) is 24.3 Å². The topological polar surface area (TPSA) is 23.5 Å². The van der Waals surface area contributed by atoms with Crippen LogP contribution in [0.2, 0.25) is 0 Å². The summed E-state index contributed by atoms with van der Waals surface area (Å²) in [5.41, 5.74) is 2.48. The fourth-order valence-corrected chi connectivity index (χ4v) is 1.32. The van der Waals surface area contributed by atoms with Crippen molar-refractivity contribution in [3.8, 4) is 0 Å². The highest BCUT2D eigenvalue weighted by atomic mass is 16.5. The van der Waals surface area contributed by atoms with Crippen molar-refractivity contribution in [2.75, 3.05) is 0 Å². The number of nitrogens with zero attached hydrogens (tertiary/aromatic N) is 1. The van der Waals surface area contributed by atoms with Gasteiger partial charge in [-0.2, -0.15) is 5.06 Å². The highest BCUT2D eigenvalue weighted by Crippen LogP contribution is 2.19. The number of rotatable bonds is 0. The van der Waals surface area contributed by atoms with Gasteiger partial charge in [-0.1, -0.05) is 24.3 Å². The average Bonchev–Trinajstić information content (AvgIpc) is 2.27. The van der Waals surface area contributed by atoms with Crippen molar-refractivity contribution in [3.63, 3.8) is 0 Å². The molecule has 0 radical (unpaired) electrons. The smallest absolute Gasteiger partial charge is 0.0495 e. The number of benzene rings is 1. The van der Waals surface area contributed by atoms with E-state index >= 15 is 0 Å². The molecule has 0 bridgehead atoms. The first kappa shape index (κ1) is 5.89. The van der Waals surface area contributed by atoms with E-state index < -0.39 is 0 Å². The summed E-state index contributed by atoms with van der Waals surface area (Å²) in [5, 5.41) is 10.4. The standard InChI is InChI=1S/C8H9NO/c10-9-5-7-3-1-2-4-8(7)6-9/h1-4,10H,5-6H2. The van der Waals surface area contributed by atoms with E-state index in [4.69, 9.17) is 5.21 Å². The van der Waals surface area contributed by atoms with Gasteiger partial charge in [0.15, 0.2) is 0 Å². The Kier molecular flexibility index (Phi) is 1.22. The molecule has 0 fully saturated rings. The number of hydrogen-bond acceptors (Lipinski definition) is 2. The first-order chi connectivity index (χ1) is 4.86. The zero-order chi connectivity index (χ0) is 6.97. The summed E-state index contributed by atoms with van der Waals surface area (Å²) in [7, 11) is 0. The van der Waals surface area contributed by atoms with Crippen LogP contribution in [0.1, 0.15) is 11.1 Å². The van der Waals surface area contributed by atoms with Crippen LogP contribution >= 0.6 is 0 Å². The van der Waals surface area contributed by atoms with Crippen molar-refractivity contribution >= 4 is 0 Å². The summed E-state index contributed by atoms with van der Waals surface area (Å²) in [5.74, 6) is 0. The van der Waals surface area contributed by atoms with Crippen LogP contribution in [-0.2, 0) is 13.1 Å². The van der Waals surface area contributed by atoms with Crippen LogP contribution in [0.3, 0.4) is 0 Å². The molecule has 1 aliphatic heterocycles. The molecule has 52 valence electrons. The maximum Gasteiger partial charge on any atom is 0.0495 e. The molecule has 1 aromatic carbocycles. The SMILES string of the molecule is ON1Cc2ccccc2C1. The molecule has 0 saturated carbocycles. The second-order valence-corrected chi connectivity index (χ2v) is 2.59. The first-order valence-corrected chi connectivity index (χ1v) is 3.37. The van der Waals surface area contributed by atoms with Crippen LogP contribution < -0.4 is 0 Å². The summed E-state index contributed by atoms with van der Waals surface area (Å²) in [6.45, 7) is 1.35. The van der Waals surface area contributed by atoms with E-state index in [0.717, 1.165) is 0 Å². The third-order valence-electron chi connectivity index (χ3n) is 1.82. The van der Waals surface area contributed by atoms with Crippen molar-refractivity contribution in [2.24, 2.45) is 0 Å². The molecular formula is C8H9NO. The molecule has 1 heterocycles. The number of fused-ring (bicyclic) bond motifs is 1. The van der Waals surface area contributed by atoms with Crippen molar-refractivity contribution < 1.29 is 5.21 Å². The van der Waals surface area contributed by atoms with Gasteiger partial charge in [-0.05, 0) is 11.1 Å². The van der Waals surface area contributed by atoms with Crippen molar-refractivity contribution in [1.29, 1.82) is 0 Å².